The van der Waals surface area contributed by atoms with Gasteiger partial charge in [0.25, 0.3) is 0 Å². The quantitative estimate of drug-likeness (QED) is 0.561. The molecule has 0 aliphatic rings. The molecule has 0 unspecified atom stereocenters. The smallest absolute Gasteiger partial charge is 0.250 e. The molecule has 0 saturated heterocycles. The van der Waals surface area contributed by atoms with Crippen LogP contribution in [-0.2, 0) is 26.0 Å². The summed E-state index contributed by atoms with van der Waals surface area (Å²) in [7, 11) is -1.84. The van der Waals surface area contributed by atoms with Gasteiger partial charge in [-0.1, -0.05) is 6.92 Å². The third-order valence-corrected chi connectivity index (χ3v) is 5.64. The van der Waals surface area contributed by atoms with Crippen molar-refractivity contribution in [3.63, 3.8) is 0 Å². The number of nitrogens with one attached hydrogen (secondary N) is 2. The fourth-order valence-electron chi connectivity index (χ4n) is 1.55. The minimum atomic E-state index is -3.43. The van der Waals surface area contributed by atoms with Crippen LogP contribution in [0.15, 0.2) is 16.3 Å². The summed E-state index contributed by atoms with van der Waals surface area (Å²) in [5.41, 5.74) is 0. The molecule has 21 heavy (non-hydrogen) atoms. The van der Waals surface area contributed by atoms with Gasteiger partial charge in [-0.2, -0.15) is 0 Å². The van der Waals surface area contributed by atoms with Crippen LogP contribution < -0.4 is 10.0 Å². The molecule has 0 aliphatic carbocycles. The second-order valence-corrected chi connectivity index (χ2v) is 7.56. The molecule has 1 aromatic rings. The lowest BCUT2D eigenvalue weighted by Gasteiger charge is -2.05. The van der Waals surface area contributed by atoms with Crippen LogP contribution in [0.4, 0.5) is 0 Å². The lowest BCUT2D eigenvalue weighted by molar-refractivity contribution is 0.0736. The molecule has 0 fully saturated rings. The summed E-state index contributed by atoms with van der Waals surface area (Å²) in [5.74, 6) is 0. The van der Waals surface area contributed by atoms with E-state index in [1.54, 1.807) is 13.2 Å². The fraction of sp³-hybridized carbons (Fsp3) is 0.692. The van der Waals surface area contributed by atoms with Crippen molar-refractivity contribution in [1.82, 2.24) is 10.0 Å². The molecular formula is C13H24N2O4S2. The molecule has 1 aromatic heterocycles. The van der Waals surface area contributed by atoms with Crippen LogP contribution in [0.25, 0.3) is 0 Å². The lowest BCUT2D eigenvalue weighted by Crippen LogP contribution is -2.27. The molecule has 0 atom stereocenters. The largest absolute Gasteiger partial charge is 0.382 e. The van der Waals surface area contributed by atoms with E-state index >= 15 is 0 Å². The van der Waals surface area contributed by atoms with E-state index in [1.807, 2.05) is 6.07 Å². The predicted octanol–water partition coefficient (Wildman–Crippen LogP) is 1.19. The number of hydrogen-bond acceptors (Lipinski definition) is 6. The van der Waals surface area contributed by atoms with E-state index in [2.05, 4.69) is 17.0 Å². The molecule has 0 aromatic carbocycles. The maximum atomic E-state index is 12.1. The Bertz CT molecular complexity index is 488. The zero-order valence-electron chi connectivity index (χ0n) is 12.6. The third-order valence-electron chi connectivity index (χ3n) is 2.60. The fourth-order valence-corrected chi connectivity index (χ4v) is 3.93. The standard InChI is InChI=1S/C13H24N2O4S2/c1-3-6-14-11-12-4-5-13(20-12)21(16,17)15-7-8-19-10-9-18-2/h4-5,14-15H,3,6-11H2,1-2H3. The minimum absolute atomic E-state index is 0.257. The van der Waals surface area contributed by atoms with Crippen LogP contribution in [-0.4, -0.2) is 48.4 Å². The van der Waals surface area contributed by atoms with Crippen molar-refractivity contribution in [1.29, 1.82) is 0 Å². The molecule has 0 saturated carbocycles. The van der Waals surface area contributed by atoms with E-state index in [4.69, 9.17) is 9.47 Å². The second kappa shape index (κ2) is 10.3. The Balaban J connectivity index is 2.36. The number of thiophene rings is 1. The van der Waals surface area contributed by atoms with Gasteiger partial charge in [-0.05, 0) is 25.1 Å². The molecule has 122 valence electrons. The highest BCUT2D eigenvalue weighted by molar-refractivity contribution is 7.91. The van der Waals surface area contributed by atoms with E-state index in [0.717, 1.165) is 17.8 Å². The highest BCUT2D eigenvalue weighted by Gasteiger charge is 2.15. The Hall–Kier alpha value is -0.510. The summed E-state index contributed by atoms with van der Waals surface area (Å²) in [6, 6.07) is 3.48. The zero-order chi connectivity index (χ0) is 15.6. The van der Waals surface area contributed by atoms with Gasteiger partial charge in [0, 0.05) is 25.1 Å². The van der Waals surface area contributed by atoms with Gasteiger partial charge in [0.2, 0.25) is 10.0 Å². The zero-order valence-corrected chi connectivity index (χ0v) is 14.2. The van der Waals surface area contributed by atoms with Crippen LogP contribution in [0.5, 0.6) is 0 Å². The molecule has 0 bridgehead atoms. The van der Waals surface area contributed by atoms with Crippen molar-refractivity contribution < 1.29 is 17.9 Å². The van der Waals surface area contributed by atoms with Crippen LogP contribution in [0.1, 0.15) is 18.2 Å². The van der Waals surface area contributed by atoms with Gasteiger partial charge in [-0.15, -0.1) is 11.3 Å². The average molecular weight is 336 g/mol. The van der Waals surface area contributed by atoms with Gasteiger partial charge in [-0.25, -0.2) is 13.1 Å². The summed E-state index contributed by atoms with van der Waals surface area (Å²) >= 11 is 1.29. The Morgan fingerprint density at radius 1 is 1.19 bits per heavy atom. The molecule has 8 heteroatoms. The number of sulfonamides is 1. The highest BCUT2D eigenvalue weighted by atomic mass is 32.2. The first kappa shape index (κ1) is 18.5. The third kappa shape index (κ3) is 7.35. The van der Waals surface area contributed by atoms with Crippen LogP contribution in [0, 0.1) is 0 Å². The van der Waals surface area contributed by atoms with Crippen molar-refractivity contribution in [3.8, 4) is 0 Å². The van der Waals surface area contributed by atoms with Crippen LogP contribution in [0.3, 0.4) is 0 Å². The maximum absolute atomic E-state index is 12.1. The Kier molecular flexibility index (Phi) is 9.05. The van der Waals surface area contributed by atoms with Gasteiger partial charge in [0.1, 0.15) is 4.21 Å². The molecule has 1 heterocycles. The minimum Gasteiger partial charge on any atom is -0.382 e. The number of rotatable bonds is 12. The van der Waals surface area contributed by atoms with E-state index in [1.165, 1.54) is 11.3 Å². The Labute approximate surface area is 130 Å². The number of hydrogen-bond donors (Lipinski definition) is 2. The second-order valence-electron chi connectivity index (χ2n) is 4.40. The first-order valence-corrected chi connectivity index (χ1v) is 9.26. The van der Waals surface area contributed by atoms with E-state index < -0.39 is 10.0 Å². The Morgan fingerprint density at radius 3 is 2.71 bits per heavy atom. The summed E-state index contributed by atoms with van der Waals surface area (Å²) in [6.07, 6.45) is 1.06. The maximum Gasteiger partial charge on any atom is 0.250 e. The predicted molar refractivity (Wildman–Crippen MR) is 84.2 cm³/mol. The molecule has 0 amide bonds. The molecule has 0 aliphatic heterocycles. The normalized spacial score (nSPS) is 11.9. The molecule has 6 nitrogen and oxygen atoms in total. The summed E-state index contributed by atoms with van der Waals surface area (Å²) in [6.45, 7) is 5.28. The van der Waals surface area contributed by atoms with Gasteiger partial charge < -0.3 is 14.8 Å². The van der Waals surface area contributed by atoms with E-state index in [-0.39, 0.29) is 6.54 Å². The number of ether oxygens (including phenoxy) is 2. The van der Waals surface area contributed by atoms with Gasteiger partial charge >= 0.3 is 0 Å². The van der Waals surface area contributed by atoms with Crippen LogP contribution >= 0.6 is 11.3 Å². The molecule has 0 spiro atoms. The lowest BCUT2D eigenvalue weighted by atomic mass is 10.4. The summed E-state index contributed by atoms with van der Waals surface area (Å²) in [5, 5.41) is 3.25. The summed E-state index contributed by atoms with van der Waals surface area (Å²) in [4.78, 5) is 1.01. The van der Waals surface area contributed by atoms with Crippen molar-refractivity contribution in [2.75, 3.05) is 40.0 Å². The topological polar surface area (TPSA) is 76.7 Å². The monoisotopic (exact) mass is 336 g/mol. The van der Waals surface area contributed by atoms with Crippen molar-refractivity contribution in [3.05, 3.63) is 17.0 Å². The van der Waals surface area contributed by atoms with Gasteiger partial charge in [-0.3, -0.25) is 0 Å². The van der Waals surface area contributed by atoms with Gasteiger partial charge in [0.15, 0.2) is 0 Å². The molecule has 1 rings (SSSR count). The molecular weight excluding hydrogens is 312 g/mol. The van der Waals surface area contributed by atoms with Crippen molar-refractivity contribution in [2.24, 2.45) is 0 Å². The Morgan fingerprint density at radius 2 is 2.00 bits per heavy atom. The highest BCUT2D eigenvalue weighted by Crippen LogP contribution is 2.21. The van der Waals surface area contributed by atoms with Crippen LogP contribution in [0.2, 0.25) is 0 Å². The molecule has 0 radical (unpaired) electrons. The first-order chi connectivity index (χ1) is 10.1. The van der Waals surface area contributed by atoms with Crippen molar-refractivity contribution in [2.45, 2.75) is 24.1 Å². The first-order valence-electron chi connectivity index (χ1n) is 6.96. The van der Waals surface area contributed by atoms with Crippen molar-refractivity contribution >= 4 is 21.4 Å². The summed E-state index contributed by atoms with van der Waals surface area (Å²) < 4.78 is 37.0. The van der Waals surface area contributed by atoms with E-state index in [0.29, 0.717) is 30.6 Å². The molecule has 2 N–H and O–H groups in total. The van der Waals surface area contributed by atoms with E-state index in [9.17, 15) is 8.42 Å². The number of methoxy groups -OCH3 is 1. The average Bonchev–Trinajstić information content (AvgIpc) is 2.93. The van der Waals surface area contributed by atoms with Gasteiger partial charge in [0.05, 0.1) is 19.8 Å². The SMILES string of the molecule is CCCNCc1ccc(S(=O)(=O)NCCOCCOC)s1.